The lowest BCUT2D eigenvalue weighted by atomic mass is 9.64. The van der Waals surface area contributed by atoms with Gasteiger partial charge in [0.2, 0.25) is 0 Å². The van der Waals surface area contributed by atoms with Crippen LogP contribution in [0.1, 0.15) is 69.5 Å². The summed E-state index contributed by atoms with van der Waals surface area (Å²) < 4.78 is 0. The maximum Gasteiger partial charge on any atom is 0.0755 e. The van der Waals surface area contributed by atoms with Crippen LogP contribution in [0.5, 0.6) is 0 Å². The predicted octanol–water partition coefficient (Wildman–Crippen LogP) is 18.0. The summed E-state index contributed by atoms with van der Waals surface area (Å²) in [6.45, 7) is 4.79. The molecule has 0 saturated heterocycles. The molecular weight excluding hydrogens is 881 g/mol. The molecule has 5 aliphatic rings. The van der Waals surface area contributed by atoms with Crippen LogP contribution in [0.3, 0.4) is 0 Å². The Labute approximate surface area is 426 Å². The van der Waals surface area contributed by atoms with E-state index in [1.807, 2.05) is 0 Å². The highest BCUT2D eigenvalue weighted by molar-refractivity contribution is 5.99. The lowest BCUT2D eigenvalue weighted by Crippen LogP contribution is -2.36. The van der Waals surface area contributed by atoms with E-state index in [4.69, 9.17) is 0 Å². The Kier molecular flexibility index (Phi) is 8.12. The molecule has 0 amide bonds. The number of hydrogen-bond acceptors (Lipinski definition) is 2. The maximum absolute atomic E-state index is 2.57. The highest BCUT2D eigenvalue weighted by Crippen LogP contribution is 2.66. The van der Waals surface area contributed by atoms with E-state index >= 15 is 0 Å². The molecule has 0 atom stereocenters. The summed E-state index contributed by atoms with van der Waals surface area (Å²) in [5.41, 5.74) is 29.3. The molecule has 0 unspecified atom stereocenters. The molecule has 0 saturated carbocycles. The molecule has 2 nitrogen and oxygen atoms in total. The van der Waals surface area contributed by atoms with Gasteiger partial charge in [-0.1, -0.05) is 208 Å². The van der Waals surface area contributed by atoms with Crippen LogP contribution in [0.25, 0.3) is 44.5 Å². The molecule has 16 rings (SSSR count). The van der Waals surface area contributed by atoms with E-state index in [-0.39, 0.29) is 5.41 Å². The number of hydrogen-bond donors (Lipinski definition) is 0. The lowest BCUT2D eigenvalue weighted by molar-refractivity contribution is 0.660. The topological polar surface area (TPSA) is 6.48 Å². The number of rotatable bonds is 4. The van der Waals surface area contributed by atoms with Gasteiger partial charge in [0.05, 0.1) is 22.2 Å². The van der Waals surface area contributed by atoms with Gasteiger partial charge >= 0.3 is 0 Å². The fourth-order valence-electron chi connectivity index (χ4n) is 14.6. The Morgan fingerprint density at radius 2 is 0.562 bits per heavy atom. The van der Waals surface area contributed by atoms with Crippen LogP contribution in [-0.2, 0) is 16.2 Å². The molecular formula is C71H48N2. The minimum absolute atomic E-state index is 0.182. The fourth-order valence-corrected chi connectivity index (χ4v) is 14.6. The zero-order valence-corrected chi connectivity index (χ0v) is 40.6. The normalized spacial score (nSPS) is 15.3. The average molecular weight is 929 g/mol. The first-order chi connectivity index (χ1) is 36.0. The molecule has 4 aliphatic carbocycles. The summed E-state index contributed by atoms with van der Waals surface area (Å²) in [7, 11) is 0. The van der Waals surface area contributed by atoms with Crippen molar-refractivity contribution in [3.05, 3.63) is 310 Å². The summed E-state index contributed by atoms with van der Waals surface area (Å²) >= 11 is 0. The van der Waals surface area contributed by atoms with Crippen molar-refractivity contribution in [1.82, 2.24) is 0 Å². The van der Waals surface area contributed by atoms with Gasteiger partial charge in [-0.3, -0.25) is 0 Å². The van der Waals surface area contributed by atoms with Crippen molar-refractivity contribution in [2.24, 2.45) is 0 Å². The van der Waals surface area contributed by atoms with Gasteiger partial charge in [0, 0.05) is 28.2 Å². The van der Waals surface area contributed by atoms with E-state index in [0.29, 0.717) is 0 Å². The summed E-state index contributed by atoms with van der Waals surface area (Å²) in [6, 6.07) is 96.6. The Morgan fingerprint density at radius 3 is 1.00 bits per heavy atom. The largest absolute Gasteiger partial charge is 0.310 e. The van der Waals surface area contributed by atoms with Crippen LogP contribution in [0, 0.1) is 0 Å². The second-order valence-corrected chi connectivity index (χ2v) is 21.1. The van der Waals surface area contributed by atoms with Gasteiger partial charge in [0.1, 0.15) is 0 Å². The molecule has 0 fully saturated rings. The van der Waals surface area contributed by atoms with E-state index in [0.717, 1.165) is 22.7 Å². The minimum Gasteiger partial charge on any atom is -0.310 e. The zero-order chi connectivity index (χ0) is 48.2. The number of benzene rings is 11. The van der Waals surface area contributed by atoms with Gasteiger partial charge in [-0.25, -0.2) is 0 Å². The summed E-state index contributed by atoms with van der Waals surface area (Å²) in [5, 5.41) is 0. The highest BCUT2D eigenvalue weighted by atomic mass is 15.2. The van der Waals surface area contributed by atoms with E-state index in [1.165, 1.54) is 112 Å². The Bertz CT molecular complexity index is 4050. The molecule has 2 heteroatoms. The van der Waals surface area contributed by atoms with Crippen molar-refractivity contribution in [1.29, 1.82) is 0 Å². The molecule has 11 aromatic carbocycles. The number of para-hydroxylation sites is 3. The summed E-state index contributed by atoms with van der Waals surface area (Å²) in [4.78, 5) is 5.03. The van der Waals surface area contributed by atoms with Crippen molar-refractivity contribution in [3.63, 3.8) is 0 Å². The quantitative estimate of drug-likeness (QED) is 0.174. The van der Waals surface area contributed by atoms with Crippen LogP contribution < -0.4 is 9.80 Å². The van der Waals surface area contributed by atoms with E-state index in [2.05, 4.69) is 278 Å². The van der Waals surface area contributed by atoms with Gasteiger partial charge in [-0.15, -0.1) is 0 Å². The Balaban J connectivity index is 0.977. The number of nitrogens with zero attached hydrogens (tertiary/aromatic N) is 2. The van der Waals surface area contributed by atoms with E-state index in [9.17, 15) is 0 Å². The standard InChI is InChI=1S/C71H48N2/c1-69(2)57-27-11-6-22-49(57)54-39-36-46(42-64(54)69)72(47-37-40-55-52-25-9-14-30-60(52)70(65(55)43-47)58-28-12-7-23-50(58)51-24-8-13-29-59(51)70)48-38-41-56-53-26-10-15-31-61(53)71(66(56)44-48)62-32-16-18-34-67(62)73(45-20-4-3-5-21-45)68-35-19-17-33-63(68)71/h3-44H,1-2H3. The van der Waals surface area contributed by atoms with Crippen molar-refractivity contribution in [2.75, 3.05) is 9.80 Å². The third kappa shape index (κ3) is 5.08. The molecule has 0 N–H and O–H groups in total. The summed E-state index contributed by atoms with van der Waals surface area (Å²) in [5.74, 6) is 0. The van der Waals surface area contributed by atoms with Gasteiger partial charge in [-0.2, -0.15) is 0 Å². The lowest BCUT2D eigenvalue weighted by Gasteiger charge is -2.45. The average Bonchev–Trinajstić information content (AvgIpc) is 4.10. The summed E-state index contributed by atoms with van der Waals surface area (Å²) in [6.07, 6.45) is 0. The van der Waals surface area contributed by atoms with Crippen molar-refractivity contribution < 1.29 is 0 Å². The smallest absolute Gasteiger partial charge is 0.0755 e. The SMILES string of the molecule is CC1(C)c2ccccc2-c2ccc(N(c3ccc4c(c3)C3(c5ccccc5-c5ccccc53)c3ccccc3-4)c3ccc4c(c3)C3(c5ccccc5-4)c4ccccc4N(c4ccccc4)c4ccccc43)cc21. The molecule has 0 aromatic heterocycles. The van der Waals surface area contributed by atoms with Gasteiger partial charge < -0.3 is 9.80 Å². The number of fused-ring (bicyclic) bond motifs is 22. The van der Waals surface area contributed by atoms with Gasteiger partial charge in [0.15, 0.2) is 0 Å². The Hall–Kier alpha value is -8.98. The third-order valence-corrected chi connectivity index (χ3v) is 17.5. The first-order valence-electron chi connectivity index (χ1n) is 25.8. The molecule has 342 valence electrons. The molecule has 73 heavy (non-hydrogen) atoms. The minimum atomic E-state index is -0.603. The molecule has 0 bridgehead atoms. The van der Waals surface area contributed by atoms with Crippen molar-refractivity contribution in [3.8, 4) is 44.5 Å². The van der Waals surface area contributed by atoms with Gasteiger partial charge in [0.25, 0.3) is 0 Å². The van der Waals surface area contributed by atoms with Crippen LogP contribution in [0.15, 0.2) is 255 Å². The molecule has 1 heterocycles. The first-order valence-corrected chi connectivity index (χ1v) is 25.8. The Morgan fingerprint density at radius 1 is 0.260 bits per heavy atom. The van der Waals surface area contributed by atoms with Crippen LogP contribution in [-0.4, -0.2) is 0 Å². The van der Waals surface area contributed by atoms with Crippen LogP contribution >= 0.6 is 0 Å². The van der Waals surface area contributed by atoms with E-state index in [1.54, 1.807) is 0 Å². The second kappa shape index (κ2) is 14.6. The molecule has 1 aliphatic heterocycles. The third-order valence-electron chi connectivity index (χ3n) is 17.5. The fraction of sp³-hybridized carbons (Fsp3) is 0.0704. The maximum atomic E-state index is 2.57. The predicted molar refractivity (Wildman–Crippen MR) is 301 cm³/mol. The van der Waals surface area contributed by atoms with Crippen molar-refractivity contribution in [2.45, 2.75) is 30.1 Å². The van der Waals surface area contributed by atoms with Crippen LogP contribution in [0.2, 0.25) is 0 Å². The van der Waals surface area contributed by atoms with E-state index < -0.39 is 10.8 Å². The molecule has 0 radical (unpaired) electrons. The highest BCUT2D eigenvalue weighted by Gasteiger charge is 2.54. The van der Waals surface area contributed by atoms with Gasteiger partial charge in [-0.05, 0) is 161 Å². The zero-order valence-electron chi connectivity index (χ0n) is 40.6. The molecule has 2 spiro atoms. The number of anilines is 6. The van der Waals surface area contributed by atoms with Crippen molar-refractivity contribution >= 4 is 34.1 Å². The second-order valence-electron chi connectivity index (χ2n) is 21.1. The first kappa shape index (κ1) is 40.7. The van der Waals surface area contributed by atoms with Crippen LogP contribution in [0.4, 0.5) is 34.1 Å². The monoisotopic (exact) mass is 928 g/mol. The molecule has 11 aromatic rings.